The second-order valence-corrected chi connectivity index (χ2v) is 7.61. The molecule has 0 aliphatic carbocycles. The predicted octanol–water partition coefficient (Wildman–Crippen LogP) is 3.97. The molecule has 0 radical (unpaired) electrons. The van der Waals surface area contributed by atoms with E-state index in [1.165, 1.54) is 11.3 Å². The highest BCUT2D eigenvalue weighted by atomic mass is 32.1. The summed E-state index contributed by atoms with van der Waals surface area (Å²) in [5.74, 6) is 0.436. The fourth-order valence-electron chi connectivity index (χ4n) is 3.00. The lowest BCUT2D eigenvalue weighted by molar-refractivity contribution is 0.0991. The van der Waals surface area contributed by atoms with Crippen molar-refractivity contribution in [3.63, 3.8) is 0 Å². The van der Waals surface area contributed by atoms with E-state index < -0.39 is 5.91 Å². The van der Waals surface area contributed by atoms with E-state index in [0.717, 1.165) is 10.8 Å². The molecule has 0 aliphatic rings. The molecule has 0 saturated carbocycles. The summed E-state index contributed by atoms with van der Waals surface area (Å²) in [6.45, 7) is 0. The number of hydrogen-bond donors (Lipinski definition) is 2. The van der Waals surface area contributed by atoms with Crippen LogP contribution in [0.1, 0.15) is 25.7 Å². The first-order valence-corrected chi connectivity index (χ1v) is 9.93. The summed E-state index contributed by atoms with van der Waals surface area (Å²) < 4.78 is 5.11. The van der Waals surface area contributed by atoms with Crippen LogP contribution in [0.5, 0.6) is 5.75 Å². The van der Waals surface area contributed by atoms with Gasteiger partial charge in [0.25, 0.3) is 5.91 Å². The summed E-state index contributed by atoms with van der Waals surface area (Å²) in [5.41, 5.74) is 6.09. The van der Waals surface area contributed by atoms with E-state index in [9.17, 15) is 9.59 Å². The van der Waals surface area contributed by atoms with Gasteiger partial charge in [-0.25, -0.2) is 9.97 Å². The lowest BCUT2D eigenvalue weighted by atomic mass is 10.1. The minimum absolute atomic E-state index is 0.0229. The summed E-state index contributed by atoms with van der Waals surface area (Å²) in [4.78, 5) is 33.7. The van der Waals surface area contributed by atoms with Crippen molar-refractivity contribution in [2.24, 2.45) is 5.73 Å². The molecule has 0 unspecified atom stereocenters. The molecule has 0 spiro atoms. The van der Waals surface area contributed by atoms with Crippen LogP contribution in [-0.2, 0) is 6.42 Å². The number of Topliss-reactive ketones (excluding diaryl/α,β-unsaturated/α-hetero) is 1. The molecule has 2 heterocycles. The quantitative estimate of drug-likeness (QED) is 0.440. The maximum atomic E-state index is 12.7. The minimum atomic E-state index is -0.677. The molecule has 4 rings (SSSR count). The first-order chi connectivity index (χ1) is 14.5. The number of hydrogen-bond acceptors (Lipinski definition) is 7. The predicted molar refractivity (Wildman–Crippen MR) is 117 cm³/mol. The van der Waals surface area contributed by atoms with Crippen LogP contribution in [0.2, 0.25) is 0 Å². The Morgan fingerprint density at radius 3 is 2.53 bits per heavy atom. The molecule has 2 aromatic carbocycles. The number of benzene rings is 2. The number of aromatic nitrogens is 2. The highest BCUT2D eigenvalue weighted by molar-refractivity contribution is 7.16. The van der Waals surface area contributed by atoms with Crippen molar-refractivity contribution in [3.8, 4) is 5.75 Å². The van der Waals surface area contributed by atoms with Gasteiger partial charge in [-0.05, 0) is 35.7 Å². The Balaban J connectivity index is 1.57. The molecular weight excluding hydrogens is 400 g/mol. The number of rotatable bonds is 7. The number of ketones is 1. The van der Waals surface area contributed by atoms with Gasteiger partial charge in [-0.2, -0.15) is 0 Å². The molecule has 0 saturated heterocycles. The first-order valence-electron chi connectivity index (χ1n) is 9.12. The van der Waals surface area contributed by atoms with Crippen LogP contribution in [0, 0.1) is 0 Å². The van der Waals surface area contributed by atoms with Crippen molar-refractivity contribution < 1.29 is 14.3 Å². The van der Waals surface area contributed by atoms with Crippen molar-refractivity contribution in [1.29, 1.82) is 0 Å². The van der Waals surface area contributed by atoms with Crippen molar-refractivity contribution in [3.05, 3.63) is 76.9 Å². The Kier molecular flexibility index (Phi) is 5.40. The number of carbonyl (C=O) groups is 2. The largest absolute Gasteiger partial charge is 0.497 e. The second kappa shape index (κ2) is 8.30. The summed E-state index contributed by atoms with van der Waals surface area (Å²) in [6.07, 6.45) is 1.78. The van der Waals surface area contributed by atoms with E-state index in [1.54, 1.807) is 37.6 Å². The van der Waals surface area contributed by atoms with Crippen molar-refractivity contribution in [2.75, 3.05) is 12.4 Å². The average molecular weight is 418 g/mol. The molecule has 2 aromatic heterocycles. The van der Waals surface area contributed by atoms with Gasteiger partial charge in [0.2, 0.25) is 0 Å². The highest BCUT2D eigenvalue weighted by Gasteiger charge is 2.19. The molecule has 0 bridgehead atoms. The van der Waals surface area contributed by atoms with E-state index in [0.29, 0.717) is 27.1 Å². The number of pyridine rings is 1. The molecule has 0 atom stereocenters. The fourth-order valence-corrected chi connectivity index (χ4v) is 3.98. The van der Waals surface area contributed by atoms with Crippen LogP contribution >= 0.6 is 11.3 Å². The summed E-state index contributed by atoms with van der Waals surface area (Å²) in [5, 5.41) is 5.59. The van der Waals surface area contributed by atoms with Crippen molar-refractivity contribution >= 4 is 44.7 Å². The Labute approximate surface area is 176 Å². The van der Waals surface area contributed by atoms with E-state index in [2.05, 4.69) is 15.3 Å². The fraction of sp³-hybridized carbons (Fsp3) is 0.0909. The molecule has 4 aromatic rings. The van der Waals surface area contributed by atoms with Gasteiger partial charge in [0.1, 0.15) is 17.3 Å². The zero-order chi connectivity index (χ0) is 21.1. The number of primary amides is 1. The SMILES string of the molecule is COc1ccc(C(=O)Cc2sc(Nc3cc4ccccc4cn3)nc2C(N)=O)cc1. The van der Waals surface area contributed by atoms with E-state index >= 15 is 0 Å². The Hall–Kier alpha value is -3.78. The zero-order valence-corrected chi connectivity index (χ0v) is 16.9. The number of ether oxygens (including phenoxy) is 1. The molecule has 8 heteroatoms. The summed E-state index contributed by atoms with van der Waals surface area (Å²) >= 11 is 1.21. The number of anilines is 2. The lowest BCUT2D eigenvalue weighted by Crippen LogP contribution is -2.15. The molecule has 0 aliphatic heterocycles. The normalized spacial score (nSPS) is 10.7. The Morgan fingerprint density at radius 2 is 1.83 bits per heavy atom. The molecule has 30 heavy (non-hydrogen) atoms. The average Bonchev–Trinajstić information content (AvgIpc) is 3.16. The zero-order valence-electron chi connectivity index (χ0n) is 16.1. The van der Waals surface area contributed by atoms with Gasteiger partial charge in [0.05, 0.1) is 7.11 Å². The van der Waals surface area contributed by atoms with Crippen LogP contribution in [-0.4, -0.2) is 28.8 Å². The third kappa shape index (κ3) is 4.13. The third-order valence-electron chi connectivity index (χ3n) is 4.53. The van der Waals surface area contributed by atoms with Crippen LogP contribution in [0.15, 0.2) is 60.8 Å². The van der Waals surface area contributed by atoms with Crippen molar-refractivity contribution in [2.45, 2.75) is 6.42 Å². The Morgan fingerprint density at radius 1 is 1.10 bits per heavy atom. The number of methoxy groups -OCH3 is 1. The lowest BCUT2D eigenvalue weighted by Gasteiger charge is -2.03. The number of nitrogens with one attached hydrogen (secondary N) is 1. The topological polar surface area (TPSA) is 107 Å². The number of carbonyl (C=O) groups excluding carboxylic acids is 2. The molecular formula is C22H18N4O3S. The van der Waals surface area contributed by atoms with Crippen LogP contribution in [0.25, 0.3) is 10.8 Å². The minimum Gasteiger partial charge on any atom is -0.497 e. The Bertz CT molecular complexity index is 1230. The second-order valence-electron chi connectivity index (χ2n) is 6.53. The van der Waals surface area contributed by atoms with Gasteiger partial charge < -0.3 is 15.8 Å². The van der Waals surface area contributed by atoms with Gasteiger partial charge in [0, 0.05) is 28.4 Å². The monoisotopic (exact) mass is 418 g/mol. The van der Waals surface area contributed by atoms with E-state index in [4.69, 9.17) is 10.5 Å². The molecule has 3 N–H and O–H groups in total. The maximum absolute atomic E-state index is 12.7. The van der Waals surface area contributed by atoms with Crippen LogP contribution in [0.4, 0.5) is 10.9 Å². The van der Waals surface area contributed by atoms with Gasteiger partial charge in [0.15, 0.2) is 10.9 Å². The first kappa shape index (κ1) is 19.5. The van der Waals surface area contributed by atoms with Gasteiger partial charge in [-0.15, -0.1) is 11.3 Å². The maximum Gasteiger partial charge on any atom is 0.268 e. The van der Waals surface area contributed by atoms with Crippen LogP contribution < -0.4 is 15.8 Å². The number of fused-ring (bicyclic) bond motifs is 1. The van der Waals surface area contributed by atoms with E-state index in [-0.39, 0.29) is 17.9 Å². The van der Waals surface area contributed by atoms with Crippen molar-refractivity contribution in [1.82, 2.24) is 9.97 Å². The standard InChI is InChI=1S/C22H18N4O3S/c1-29-16-8-6-13(7-9-16)17(27)11-18-20(21(23)28)26-22(30-18)25-19-10-14-4-2-3-5-15(14)12-24-19/h2-10,12H,11H2,1H3,(H2,23,28)(H,24,25,26). The summed E-state index contributed by atoms with van der Waals surface area (Å²) in [7, 11) is 1.56. The molecule has 150 valence electrons. The van der Waals surface area contributed by atoms with Gasteiger partial charge >= 0.3 is 0 Å². The number of thiazole rings is 1. The highest BCUT2D eigenvalue weighted by Crippen LogP contribution is 2.28. The molecule has 1 amide bonds. The molecule has 0 fully saturated rings. The third-order valence-corrected chi connectivity index (χ3v) is 5.50. The smallest absolute Gasteiger partial charge is 0.268 e. The van der Waals surface area contributed by atoms with E-state index in [1.807, 2.05) is 30.3 Å². The number of nitrogens with two attached hydrogens (primary N) is 1. The number of nitrogens with zero attached hydrogens (tertiary/aromatic N) is 2. The van der Waals surface area contributed by atoms with Gasteiger partial charge in [-0.3, -0.25) is 9.59 Å². The molecule has 7 nitrogen and oxygen atoms in total. The number of amides is 1. The van der Waals surface area contributed by atoms with Gasteiger partial charge in [-0.1, -0.05) is 24.3 Å². The summed E-state index contributed by atoms with van der Waals surface area (Å²) in [6, 6.07) is 16.5. The van der Waals surface area contributed by atoms with Crippen LogP contribution in [0.3, 0.4) is 0 Å².